The number of hydrogen-bond acceptors (Lipinski definition) is 7. The van der Waals surface area contributed by atoms with Gasteiger partial charge in [-0.25, -0.2) is 8.42 Å². The maximum Gasteiger partial charge on any atom is 0.421 e. The average molecular weight is 532 g/mol. The van der Waals surface area contributed by atoms with E-state index in [1.165, 1.54) is 34.6 Å². The largest absolute Gasteiger partial charge is 0.421 e. The van der Waals surface area contributed by atoms with Gasteiger partial charge in [-0.15, -0.1) is 12.6 Å². The van der Waals surface area contributed by atoms with Gasteiger partial charge in [0.05, 0.1) is 17.0 Å². The molecule has 2 aromatic rings. The van der Waals surface area contributed by atoms with E-state index in [1.54, 1.807) is 18.2 Å². The molecule has 0 saturated carbocycles. The number of alkyl halides is 3. The van der Waals surface area contributed by atoms with E-state index in [1.807, 2.05) is 9.80 Å². The van der Waals surface area contributed by atoms with Crippen LogP contribution >= 0.6 is 12.6 Å². The van der Waals surface area contributed by atoms with Gasteiger partial charge in [0.15, 0.2) is 5.60 Å². The number of benzene rings is 2. The smallest absolute Gasteiger partial charge is 0.390 e. The molecule has 35 heavy (non-hydrogen) atoms. The molecule has 2 aliphatic heterocycles. The van der Waals surface area contributed by atoms with E-state index in [0.717, 1.165) is 0 Å². The van der Waals surface area contributed by atoms with Gasteiger partial charge in [-0.1, -0.05) is 24.3 Å². The Morgan fingerprint density at radius 1 is 1.03 bits per heavy atom. The molecule has 2 heterocycles. The monoisotopic (exact) mass is 531 g/mol. The number of rotatable bonds is 6. The Hall–Kier alpha value is -1.83. The minimum absolute atomic E-state index is 0.119. The number of aliphatic hydroxyl groups excluding tert-OH is 1. The van der Waals surface area contributed by atoms with Crippen LogP contribution in [-0.4, -0.2) is 85.4 Å². The molecule has 0 unspecified atom stereocenters. The second kappa shape index (κ2) is 9.56. The van der Waals surface area contributed by atoms with Gasteiger partial charge >= 0.3 is 6.18 Å². The zero-order valence-corrected chi connectivity index (χ0v) is 20.8. The maximum atomic E-state index is 13.3. The predicted octanol–water partition coefficient (Wildman–Crippen LogP) is 2.30. The van der Waals surface area contributed by atoms with E-state index in [9.17, 15) is 31.8 Å². The molecule has 0 amide bonds. The van der Waals surface area contributed by atoms with Crippen LogP contribution in [0.4, 0.5) is 18.9 Å². The third kappa shape index (κ3) is 5.18. The number of hydrogen-bond donors (Lipinski definition) is 3. The van der Waals surface area contributed by atoms with Gasteiger partial charge in [-0.05, 0) is 36.8 Å². The molecule has 2 N–H and O–H groups in total. The number of likely N-dealkylation sites (tertiary alicyclic amines) is 1. The van der Waals surface area contributed by atoms with E-state index in [-0.39, 0.29) is 29.6 Å². The van der Waals surface area contributed by atoms with Crippen molar-refractivity contribution in [1.29, 1.82) is 0 Å². The molecule has 4 rings (SSSR count). The summed E-state index contributed by atoms with van der Waals surface area (Å²) in [7, 11) is -3.80. The summed E-state index contributed by atoms with van der Waals surface area (Å²) in [6.07, 6.45) is -5.25. The predicted molar refractivity (Wildman–Crippen MR) is 128 cm³/mol. The fourth-order valence-electron chi connectivity index (χ4n) is 4.49. The molecule has 0 aromatic heterocycles. The van der Waals surface area contributed by atoms with Crippen molar-refractivity contribution in [1.82, 2.24) is 9.21 Å². The number of nitrogens with zero attached hydrogens (tertiary/aromatic N) is 3. The summed E-state index contributed by atoms with van der Waals surface area (Å²) in [6.45, 7) is 2.82. The van der Waals surface area contributed by atoms with Crippen LogP contribution in [0.5, 0.6) is 0 Å². The molecule has 7 nitrogen and oxygen atoms in total. The molecule has 0 bridgehead atoms. The first-order valence-electron chi connectivity index (χ1n) is 11.2. The number of β-amino-alcohol motifs (C(OH)–C–C–N with tert-alkyl or cyclic N) is 1. The molecular weight excluding hydrogens is 503 g/mol. The molecule has 0 aliphatic carbocycles. The van der Waals surface area contributed by atoms with Gasteiger partial charge in [0, 0.05) is 49.9 Å². The number of anilines is 1. The van der Waals surface area contributed by atoms with Crippen molar-refractivity contribution in [2.24, 2.45) is 0 Å². The van der Waals surface area contributed by atoms with E-state index in [2.05, 4.69) is 12.6 Å². The zero-order chi connectivity index (χ0) is 25.6. The maximum absolute atomic E-state index is 13.3. The van der Waals surface area contributed by atoms with Crippen molar-refractivity contribution in [3.05, 3.63) is 54.1 Å². The summed E-state index contributed by atoms with van der Waals surface area (Å²) in [5.41, 5.74) is -2.63. The summed E-state index contributed by atoms with van der Waals surface area (Å²) in [5, 5.41) is 19.6. The van der Waals surface area contributed by atoms with E-state index >= 15 is 0 Å². The quantitative estimate of drug-likeness (QED) is 0.497. The standard InChI is InChI=1S/C23H28F3N3O4S2/c1-22(31,23(24,25)26)16-6-8-17(9-7-16)29-11-10-28(13-18(29)12-27-14-19(30)15-27)35(32,33)21-5-3-2-4-20(21)34/h2-9,18-19,30-31,34H,10-15H2,1H3/t18-,22+/m1/s1. The minimum atomic E-state index is -4.82. The Balaban J connectivity index is 1.59. The summed E-state index contributed by atoms with van der Waals surface area (Å²) in [4.78, 5) is 4.45. The first-order chi connectivity index (χ1) is 16.3. The highest BCUT2D eigenvalue weighted by molar-refractivity contribution is 7.90. The van der Waals surface area contributed by atoms with Crippen LogP contribution in [0.3, 0.4) is 0 Å². The Bertz CT molecular complexity index is 1150. The second-order valence-electron chi connectivity index (χ2n) is 9.17. The van der Waals surface area contributed by atoms with Crippen LogP contribution in [0.1, 0.15) is 12.5 Å². The lowest BCUT2D eigenvalue weighted by atomic mass is 9.95. The summed E-state index contributed by atoms with van der Waals surface area (Å²) in [5.74, 6) is 0. The van der Waals surface area contributed by atoms with Gasteiger partial charge in [-0.3, -0.25) is 4.90 Å². The van der Waals surface area contributed by atoms with Crippen LogP contribution in [0.15, 0.2) is 58.3 Å². The van der Waals surface area contributed by atoms with Crippen molar-refractivity contribution in [2.75, 3.05) is 44.2 Å². The lowest BCUT2D eigenvalue weighted by molar-refractivity contribution is -0.258. The Kier molecular flexibility index (Phi) is 7.17. The van der Waals surface area contributed by atoms with E-state index in [4.69, 9.17) is 0 Å². The van der Waals surface area contributed by atoms with Gasteiger partial charge < -0.3 is 15.1 Å². The molecule has 12 heteroatoms. The Labute approximate surface area is 208 Å². The number of sulfonamides is 1. The zero-order valence-electron chi connectivity index (χ0n) is 19.1. The molecule has 2 fully saturated rings. The number of piperazine rings is 1. The van der Waals surface area contributed by atoms with Gasteiger partial charge in [-0.2, -0.15) is 17.5 Å². The van der Waals surface area contributed by atoms with Crippen molar-refractivity contribution >= 4 is 28.3 Å². The third-order valence-electron chi connectivity index (χ3n) is 6.65. The summed E-state index contributed by atoms with van der Waals surface area (Å²) in [6, 6.07) is 11.7. The highest BCUT2D eigenvalue weighted by Gasteiger charge is 2.51. The Morgan fingerprint density at radius 2 is 1.66 bits per heavy atom. The van der Waals surface area contributed by atoms with Crippen LogP contribution < -0.4 is 4.90 Å². The second-order valence-corrected chi connectivity index (χ2v) is 11.6. The van der Waals surface area contributed by atoms with Crippen LogP contribution in [0.25, 0.3) is 0 Å². The highest BCUT2D eigenvalue weighted by Crippen LogP contribution is 2.39. The normalized spacial score (nSPS) is 22.6. The molecule has 0 spiro atoms. The molecule has 2 saturated heterocycles. The third-order valence-corrected chi connectivity index (χ3v) is 9.11. The molecule has 192 valence electrons. The SMILES string of the molecule is C[C@](O)(c1ccc(N2CCN(S(=O)(=O)c3ccccc3S)C[C@H]2CN2CC(O)C2)cc1)C(F)(F)F. The Morgan fingerprint density at radius 3 is 2.23 bits per heavy atom. The number of thiol groups is 1. The minimum Gasteiger partial charge on any atom is -0.390 e. The molecule has 2 aromatic carbocycles. The first-order valence-corrected chi connectivity index (χ1v) is 13.0. The molecular formula is C23H28F3N3O4S2. The molecule has 0 radical (unpaired) electrons. The average Bonchev–Trinajstić information content (AvgIpc) is 2.77. The van der Waals surface area contributed by atoms with E-state index < -0.39 is 27.9 Å². The number of aliphatic hydroxyl groups is 2. The molecule has 2 atom stereocenters. The van der Waals surface area contributed by atoms with Gasteiger partial charge in [0.1, 0.15) is 0 Å². The fraction of sp³-hybridized carbons (Fsp3) is 0.478. The summed E-state index contributed by atoms with van der Waals surface area (Å²) >= 11 is 4.30. The van der Waals surface area contributed by atoms with Crippen LogP contribution in [-0.2, 0) is 15.6 Å². The van der Waals surface area contributed by atoms with Gasteiger partial charge in [0.2, 0.25) is 10.0 Å². The fourth-order valence-corrected chi connectivity index (χ4v) is 6.54. The topological polar surface area (TPSA) is 84.3 Å². The highest BCUT2D eigenvalue weighted by atomic mass is 32.2. The van der Waals surface area contributed by atoms with Crippen molar-refractivity contribution < 1.29 is 31.8 Å². The van der Waals surface area contributed by atoms with E-state index in [0.29, 0.717) is 43.7 Å². The lowest BCUT2D eigenvalue weighted by Gasteiger charge is -2.46. The van der Waals surface area contributed by atoms with Crippen LogP contribution in [0, 0.1) is 0 Å². The lowest BCUT2D eigenvalue weighted by Crippen LogP contribution is -2.62. The molecule has 2 aliphatic rings. The summed E-state index contributed by atoms with van der Waals surface area (Å²) < 4.78 is 67.8. The van der Waals surface area contributed by atoms with Crippen molar-refractivity contribution in [3.63, 3.8) is 0 Å². The van der Waals surface area contributed by atoms with Crippen molar-refractivity contribution in [2.45, 2.75) is 40.6 Å². The van der Waals surface area contributed by atoms with Crippen LogP contribution in [0.2, 0.25) is 0 Å². The van der Waals surface area contributed by atoms with Gasteiger partial charge in [0.25, 0.3) is 0 Å². The number of halogens is 3. The first kappa shape index (κ1) is 26.2. The van der Waals surface area contributed by atoms with Crippen molar-refractivity contribution in [3.8, 4) is 0 Å².